The Morgan fingerprint density at radius 2 is 1.81 bits per heavy atom. The molecule has 1 aromatic rings. The van der Waals surface area contributed by atoms with Crippen molar-refractivity contribution in [2.24, 2.45) is 0 Å². The minimum absolute atomic E-state index is 0.229. The SMILES string of the molecule is CC1CCCN1CCCOc1ccc(N2C(=O)CC[C@H]2CN2C[C@@H](C)O[C@@H](C)C2)cc1. The summed E-state index contributed by atoms with van der Waals surface area (Å²) in [5.74, 6) is 1.12. The highest BCUT2D eigenvalue weighted by molar-refractivity contribution is 5.96. The molecule has 3 heterocycles. The van der Waals surface area contributed by atoms with E-state index in [0.717, 1.165) is 57.1 Å². The zero-order valence-electron chi connectivity index (χ0n) is 19.5. The Hall–Kier alpha value is -1.63. The Balaban J connectivity index is 1.28. The van der Waals surface area contributed by atoms with Gasteiger partial charge >= 0.3 is 0 Å². The third-order valence-corrected chi connectivity index (χ3v) is 6.95. The molecule has 0 spiro atoms. The van der Waals surface area contributed by atoms with Crippen molar-refractivity contribution >= 4 is 11.6 Å². The molecule has 0 radical (unpaired) electrons. The molecule has 0 saturated carbocycles. The van der Waals surface area contributed by atoms with Gasteiger partial charge < -0.3 is 19.3 Å². The first-order chi connectivity index (χ1) is 15.0. The van der Waals surface area contributed by atoms with Gasteiger partial charge in [-0.1, -0.05) is 0 Å². The van der Waals surface area contributed by atoms with Crippen LogP contribution in [-0.4, -0.2) is 79.3 Å². The summed E-state index contributed by atoms with van der Waals surface area (Å²) in [5, 5.41) is 0. The van der Waals surface area contributed by atoms with Crippen molar-refractivity contribution in [2.75, 3.05) is 44.2 Å². The quantitative estimate of drug-likeness (QED) is 0.592. The Morgan fingerprint density at radius 3 is 2.48 bits per heavy atom. The van der Waals surface area contributed by atoms with Gasteiger partial charge in [-0.15, -0.1) is 0 Å². The molecule has 31 heavy (non-hydrogen) atoms. The Morgan fingerprint density at radius 1 is 1.06 bits per heavy atom. The summed E-state index contributed by atoms with van der Waals surface area (Å²) in [4.78, 5) is 19.7. The molecule has 6 nitrogen and oxygen atoms in total. The molecule has 3 aliphatic heterocycles. The molecular weight excluding hydrogens is 390 g/mol. The number of nitrogens with zero attached hydrogens (tertiary/aromatic N) is 3. The van der Waals surface area contributed by atoms with E-state index in [2.05, 4.69) is 30.6 Å². The van der Waals surface area contributed by atoms with Gasteiger partial charge in [0.2, 0.25) is 5.91 Å². The third-order valence-electron chi connectivity index (χ3n) is 6.95. The van der Waals surface area contributed by atoms with Crippen molar-refractivity contribution < 1.29 is 14.3 Å². The number of ether oxygens (including phenoxy) is 2. The molecule has 4 atom stereocenters. The lowest BCUT2D eigenvalue weighted by Crippen LogP contribution is -2.50. The van der Waals surface area contributed by atoms with Gasteiger partial charge in [0.15, 0.2) is 0 Å². The van der Waals surface area contributed by atoms with Gasteiger partial charge in [0, 0.05) is 44.3 Å². The molecule has 1 aromatic carbocycles. The van der Waals surface area contributed by atoms with Crippen molar-refractivity contribution in [3.8, 4) is 5.75 Å². The molecule has 3 fully saturated rings. The van der Waals surface area contributed by atoms with E-state index in [-0.39, 0.29) is 24.2 Å². The smallest absolute Gasteiger partial charge is 0.227 e. The van der Waals surface area contributed by atoms with Crippen LogP contribution in [-0.2, 0) is 9.53 Å². The molecule has 0 aromatic heterocycles. The van der Waals surface area contributed by atoms with E-state index in [9.17, 15) is 4.79 Å². The first kappa shape index (κ1) is 22.6. The zero-order chi connectivity index (χ0) is 21.8. The maximum absolute atomic E-state index is 12.7. The standard InChI is InChI=1S/C25H39N3O3/c1-19-6-4-13-27(19)14-5-15-30-24-10-7-22(8-11-24)28-23(9-12-25(28)29)18-26-16-20(2)31-21(3)17-26/h7-8,10-11,19-21,23H,4-6,9,12-18H2,1-3H3/t19?,20-,21+,23-/m0/s1. The summed E-state index contributed by atoms with van der Waals surface area (Å²) in [7, 11) is 0. The van der Waals surface area contributed by atoms with Crippen LogP contribution in [0, 0.1) is 0 Å². The third kappa shape index (κ3) is 5.79. The Labute approximate surface area is 187 Å². The van der Waals surface area contributed by atoms with E-state index in [1.54, 1.807) is 0 Å². The molecular formula is C25H39N3O3. The number of benzene rings is 1. The van der Waals surface area contributed by atoms with E-state index in [1.807, 2.05) is 29.2 Å². The topological polar surface area (TPSA) is 45.2 Å². The van der Waals surface area contributed by atoms with E-state index in [4.69, 9.17) is 9.47 Å². The largest absolute Gasteiger partial charge is 0.494 e. The highest BCUT2D eigenvalue weighted by Crippen LogP contribution is 2.29. The monoisotopic (exact) mass is 429 g/mol. The number of rotatable bonds is 8. The molecule has 3 saturated heterocycles. The summed E-state index contributed by atoms with van der Waals surface area (Å²) in [6.45, 7) is 12.4. The second-order valence-electron chi connectivity index (χ2n) is 9.66. The van der Waals surface area contributed by atoms with Gasteiger partial charge in [-0.3, -0.25) is 9.69 Å². The zero-order valence-corrected chi connectivity index (χ0v) is 19.5. The summed E-state index contributed by atoms with van der Waals surface area (Å²) >= 11 is 0. The summed E-state index contributed by atoms with van der Waals surface area (Å²) in [5.41, 5.74) is 0.986. The number of morpholine rings is 1. The predicted molar refractivity (Wildman–Crippen MR) is 124 cm³/mol. The lowest BCUT2D eigenvalue weighted by atomic mass is 10.1. The van der Waals surface area contributed by atoms with Crippen LogP contribution >= 0.6 is 0 Å². The molecule has 0 bridgehead atoms. The van der Waals surface area contributed by atoms with Crippen molar-refractivity contribution in [2.45, 2.75) is 77.2 Å². The lowest BCUT2D eigenvalue weighted by Gasteiger charge is -2.38. The first-order valence-electron chi connectivity index (χ1n) is 12.2. The number of hydrogen-bond acceptors (Lipinski definition) is 5. The predicted octanol–water partition coefficient (Wildman–Crippen LogP) is 3.54. The Bertz CT molecular complexity index is 715. The highest BCUT2D eigenvalue weighted by Gasteiger charge is 2.35. The van der Waals surface area contributed by atoms with Gasteiger partial charge in [0.05, 0.1) is 24.9 Å². The van der Waals surface area contributed by atoms with E-state index in [0.29, 0.717) is 12.5 Å². The average molecular weight is 430 g/mol. The van der Waals surface area contributed by atoms with Crippen LogP contribution in [0.2, 0.25) is 0 Å². The first-order valence-corrected chi connectivity index (χ1v) is 12.2. The van der Waals surface area contributed by atoms with Gasteiger partial charge in [0.25, 0.3) is 0 Å². The maximum Gasteiger partial charge on any atom is 0.227 e. The highest BCUT2D eigenvalue weighted by atomic mass is 16.5. The van der Waals surface area contributed by atoms with Gasteiger partial charge in [0.1, 0.15) is 5.75 Å². The Kier molecular flexibility index (Phi) is 7.51. The number of carbonyl (C=O) groups is 1. The maximum atomic E-state index is 12.7. The fourth-order valence-corrected chi connectivity index (χ4v) is 5.49. The lowest BCUT2D eigenvalue weighted by molar-refractivity contribution is -0.117. The summed E-state index contributed by atoms with van der Waals surface area (Å²) in [6.07, 6.45) is 5.75. The molecule has 1 unspecified atom stereocenters. The van der Waals surface area contributed by atoms with Crippen LogP contribution in [0.25, 0.3) is 0 Å². The normalized spacial score (nSPS) is 30.3. The van der Waals surface area contributed by atoms with Crippen LogP contribution in [0.15, 0.2) is 24.3 Å². The van der Waals surface area contributed by atoms with Crippen LogP contribution in [0.5, 0.6) is 5.75 Å². The summed E-state index contributed by atoms with van der Waals surface area (Å²) in [6, 6.07) is 9.05. The van der Waals surface area contributed by atoms with E-state index in [1.165, 1.54) is 19.4 Å². The van der Waals surface area contributed by atoms with Crippen molar-refractivity contribution in [1.29, 1.82) is 0 Å². The molecule has 172 valence electrons. The van der Waals surface area contributed by atoms with Gasteiger partial charge in [-0.2, -0.15) is 0 Å². The van der Waals surface area contributed by atoms with Crippen molar-refractivity contribution in [3.05, 3.63) is 24.3 Å². The van der Waals surface area contributed by atoms with E-state index < -0.39 is 0 Å². The summed E-state index contributed by atoms with van der Waals surface area (Å²) < 4.78 is 11.8. The van der Waals surface area contributed by atoms with E-state index >= 15 is 0 Å². The fraction of sp³-hybridized carbons (Fsp3) is 0.720. The molecule has 3 aliphatic rings. The number of likely N-dealkylation sites (tertiary alicyclic amines) is 1. The van der Waals surface area contributed by atoms with Crippen LogP contribution in [0.1, 0.15) is 52.9 Å². The van der Waals surface area contributed by atoms with Crippen LogP contribution in [0.4, 0.5) is 5.69 Å². The molecule has 0 N–H and O–H groups in total. The second-order valence-corrected chi connectivity index (χ2v) is 9.66. The van der Waals surface area contributed by atoms with Crippen molar-refractivity contribution in [1.82, 2.24) is 9.80 Å². The number of hydrogen-bond donors (Lipinski definition) is 0. The fourth-order valence-electron chi connectivity index (χ4n) is 5.49. The van der Waals surface area contributed by atoms with Crippen molar-refractivity contribution in [3.63, 3.8) is 0 Å². The second kappa shape index (κ2) is 10.3. The molecule has 1 amide bonds. The molecule has 6 heteroatoms. The molecule has 0 aliphatic carbocycles. The minimum Gasteiger partial charge on any atom is -0.494 e. The number of anilines is 1. The van der Waals surface area contributed by atoms with Gasteiger partial charge in [-0.05, 0) is 77.3 Å². The van der Waals surface area contributed by atoms with Crippen LogP contribution in [0.3, 0.4) is 0 Å². The number of amides is 1. The molecule has 4 rings (SSSR count). The van der Waals surface area contributed by atoms with Crippen LogP contribution < -0.4 is 9.64 Å². The van der Waals surface area contributed by atoms with Gasteiger partial charge in [-0.25, -0.2) is 0 Å². The minimum atomic E-state index is 0.229. The number of carbonyl (C=O) groups excluding carboxylic acids is 1. The average Bonchev–Trinajstić information content (AvgIpc) is 3.30.